The van der Waals surface area contributed by atoms with Crippen LogP contribution in [0.25, 0.3) is 10.9 Å². The number of allylic oxidation sites excluding steroid dienone is 4. The standard InChI is InChI=1S/C39H47N5O7S/c1-23(45)42-17-38-19-43(20-39(38,18-42)22-51-21-38)37(47)27-12-8-11-26-32(27)30-15-28-31(50-4)14-13-25(24-9-6-5-7-10-24)35(28)44(30)16-29-33(26)34(29)36(46)40-52(48,49)41(2)3/h8,11,13-15,24,27,32H,5-7,9-10,12,16-22H2,1-4H3,(H,40,46)/t27-,32?,38?,39?/m1/s1. The third-order valence-corrected chi connectivity index (χ3v) is 14.8. The van der Waals surface area contributed by atoms with Crippen molar-refractivity contribution in [3.8, 4) is 5.75 Å². The highest BCUT2D eigenvalue weighted by atomic mass is 32.2. The molecule has 1 N–H and O–H groups in total. The van der Waals surface area contributed by atoms with Gasteiger partial charge in [-0.25, -0.2) is 4.72 Å². The van der Waals surface area contributed by atoms with Gasteiger partial charge in [-0.1, -0.05) is 37.5 Å². The molecule has 3 saturated heterocycles. The van der Waals surface area contributed by atoms with Crippen molar-refractivity contribution in [2.45, 2.75) is 63.8 Å². The summed E-state index contributed by atoms with van der Waals surface area (Å²) in [5, 5.41) is 0.996. The largest absolute Gasteiger partial charge is 0.496 e. The molecule has 0 bridgehead atoms. The van der Waals surface area contributed by atoms with Crippen molar-refractivity contribution < 1.29 is 32.3 Å². The van der Waals surface area contributed by atoms with E-state index in [0.29, 0.717) is 63.8 Å². The molecule has 5 heterocycles. The Morgan fingerprint density at radius 3 is 2.35 bits per heavy atom. The van der Waals surface area contributed by atoms with Gasteiger partial charge in [-0.05, 0) is 59.6 Å². The Morgan fingerprint density at radius 2 is 1.69 bits per heavy atom. The fourth-order valence-corrected chi connectivity index (χ4v) is 11.2. The molecule has 3 unspecified atom stereocenters. The van der Waals surface area contributed by atoms with Crippen LogP contribution in [-0.4, -0.2) is 105 Å². The highest BCUT2D eigenvalue weighted by Crippen LogP contribution is 2.58. The van der Waals surface area contributed by atoms with Crippen molar-refractivity contribution in [1.82, 2.24) is 23.4 Å². The van der Waals surface area contributed by atoms with Gasteiger partial charge in [-0.2, -0.15) is 12.7 Å². The maximum Gasteiger partial charge on any atom is 0.303 e. The summed E-state index contributed by atoms with van der Waals surface area (Å²) in [6.45, 7) is 5.33. The zero-order valence-electron chi connectivity index (χ0n) is 30.4. The monoisotopic (exact) mass is 729 g/mol. The first kappa shape index (κ1) is 33.9. The molecule has 52 heavy (non-hydrogen) atoms. The molecule has 4 aliphatic heterocycles. The number of carbonyl (C=O) groups is 3. The van der Waals surface area contributed by atoms with Gasteiger partial charge in [-0.3, -0.25) is 14.4 Å². The SMILES string of the molecule is COc1ccc(C2CCCCC2)c2c1cc1n2CC2=C(C(=O)NS(=O)(=O)N(C)C)C2=C2C=CC[C@@H](C(=O)N3CC45COCC4(CN(C(C)=O)C5)C3)C21. The molecule has 13 heteroatoms. The molecule has 12 nitrogen and oxygen atoms in total. The molecule has 7 aliphatic rings. The average Bonchev–Trinajstić information content (AvgIpc) is 3.28. The van der Waals surface area contributed by atoms with Crippen molar-refractivity contribution in [2.75, 3.05) is 60.6 Å². The number of aromatic nitrogens is 1. The first-order chi connectivity index (χ1) is 24.9. The molecule has 2 aromatic rings. The average molecular weight is 730 g/mol. The van der Waals surface area contributed by atoms with E-state index in [9.17, 15) is 18.0 Å². The van der Waals surface area contributed by atoms with Gasteiger partial charge in [0.2, 0.25) is 11.8 Å². The second kappa shape index (κ2) is 11.8. The number of hydrogen-bond acceptors (Lipinski definition) is 7. The predicted molar refractivity (Wildman–Crippen MR) is 194 cm³/mol. The number of nitrogens with zero attached hydrogens (tertiary/aromatic N) is 4. The second-order valence-electron chi connectivity index (χ2n) is 16.4. The van der Waals surface area contributed by atoms with E-state index in [1.165, 1.54) is 38.9 Å². The Hall–Kier alpha value is -3.94. The minimum Gasteiger partial charge on any atom is -0.496 e. The van der Waals surface area contributed by atoms with Crippen LogP contribution in [0.15, 0.2) is 52.6 Å². The number of hydrogen-bond donors (Lipinski definition) is 1. The summed E-state index contributed by atoms with van der Waals surface area (Å²) in [5.74, 6) is -0.169. The molecule has 3 amide bonds. The van der Waals surface area contributed by atoms with Crippen molar-refractivity contribution in [3.05, 3.63) is 63.9 Å². The van der Waals surface area contributed by atoms with E-state index in [1.807, 2.05) is 22.0 Å². The fraction of sp³-hybridized carbons (Fsp3) is 0.564. The van der Waals surface area contributed by atoms with E-state index < -0.39 is 22.0 Å². The van der Waals surface area contributed by atoms with Crippen LogP contribution in [0.2, 0.25) is 0 Å². The quantitative estimate of drug-likeness (QED) is 0.481. The molecule has 4 atom stereocenters. The minimum absolute atomic E-state index is 0.0573. The number of ether oxygens (including phenoxy) is 2. The Bertz CT molecular complexity index is 2120. The van der Waals surface area contributed by atoms with Gasteiger partial charge in [0.1, 0.15) is 5.75 Å². The van der Waals surface area contributed by atoms with Crippen LogP contribution in [-0.2, 0) is 35.9 Å². The van der Waals surface area contributed by atoms with Crippen LogP contribution in [0, 0.1) is 16.7 Å². The Balaban J connectivity index is 1.17. The molecular weight excluding hydrogens is 683 g/mol. The van der Waals surface area contributed by atoms with Gasteiger partial charge in [-0.15, -0.1) is 0 Å². The van der Waals surface area contributed by atoms with Crippen LogP contribution < -0.4 is 9.46 Å². The lowest BCUT2D eigenvalue weighted by Crippen LogP contribution is -2.44. The van der Waals surface area contributed by atoms with Gasteiger partial charge in [0.15, 0.2) is 0 Å². The first-order valence-electron chi connectivity index (χ1n) is 18.6. The van der Waals surface area contributed by atoms with Crippen LogP contribution in [0.4, 0.5) is 0 Å². The van der Waals surface area contributed by atoms with Crippen LogP contribution in [0.5, 0.6) is 5.75 Å². The second-order valence-corrected chi connectivity index (χ2v) is 18.2. The topological polar surface area (TPSA) is 130 Å². The zero-order valence-corrected chi connectivity index (χ0v) is 31.2. The number of likely N-dealkylation sites (tertiary alicyclic amines) is 2. The third kappa shape index (κ3) is 4.84. The van der Waals surface area contributed by atoms with E-state index in [4.69, 9.17) is 9.47 Å². The number of benzene rings is 1. The molecule has 4 fully saturated rings. The van der Waals surface area contributed by atoms with E-state index in [-0.39, 0.29) is 28.6 Å². The first-order valence-corrected chi connectivity index (χ1v) is 20.0. The van der Waals surface area contributed by atoms with Crippen molar-refractivity contribution >= 4 is 38.8 Å². The summed E-state index contributed by atoms with van der Waals surface area (Å²) < 4.78 is 43.1. The summed E-state index contributed by atoms with van der Waals surface area (Å²) in [6.07, 6.45) is 10.4. The maximum absolute atomic E-state index is 15.0. The van der Waals surface area contributed by atoms with E-state index in [0.717, 1.165) is 56.2 Å². The van der Waals surface area contributed by atoms with Crippen molar-refractivity contribution in [2.24, 2.45) is 16.7 Å². The number of rotatable bonds is 6. The zero-order chi connectivity index (χ0) is 36.3. The molecule has 3 aliphatic carbocycles. The van der Waals surface area contributed by atoms with Crippen LogP contribution in [0.3, 0.4) is 0 Å². The number of methoxy groups -OCH3 is 1. The van der Waals surface area contributed by atoms with Crippen molar-refractivity contribution in [1.29, 1.82) is 0 Å². The fourth-order valence-electron chi connectivity index (χ4n) is 10.7. The lowest BCUT2D eigenvalue weighted by molar-refractivity contribution is -0.136. The molecule has 276 valence electrons. The van der Waals surface area contributed by atoms with Gasteiger partial charge in [0.25, 0.3) is 5.91 Å². The molecule has 1 saturated carbocycles. The third-order valence-electron chi connectivity index (χ3n) is 13.3. The molecule has 9 rings (SSSR count). The number of nitrogens with one attached hydrogen (secondary N) is 1. The summed E-state index contributed by atoms with van der Waals surface area (Å²) in [6, 6.07) is 6.46. The smallest absolute Gasteiger partial charge is 0.303 e. The summed E-state index contributed by atoms with van der Waals surface area (Å²) in [4.78, 5) is 45.2. The highest BCUT2D eigenvalue weighted by molar-refractivity contribution is 7.87. The van der Waals surface area contributed by atoms with Gasteiger partial charge in [0.05, 0.1) is 37.3 Å². The van der Waals surface area contributed by atoms with Gasteiger partial charge >= 0.3 is 10.2 Å². The lowest BCUT2D eigenvalue weighted by Gasteiger charge is -2.35. The summed E-state index contributed by atoms with van der Waals surface area (Å²) in [5.41, 5.74) is 5.64. The predicted octanol–water partition coefficient (Wildman–Crippen LogP) is 3.61. The molecule has 0 radical (unpaired) electrons. The summed E-state index contributed by atoms with van der Waals surface area (Å²) >= 11 is 0. The van der Waals surface area contributed by atoms with Crippen LogP contribution in [0.1, 0.15) is 68.5 Å². The Morgan fingerprint density at radius 1 is 1.00 bits per heavy atom. The molecule has 1 aromatic heterocycles. The lowest BCUT2D eigenvalue weighted by atomic mass is 9.71. The Kier molecular flexibility index (Phi) is 7.67. The minimum atomic E-state index is -4.02. The van der Waals surface area contributed by atoms with Crippen LogP contribution >= 0.6 is 0 Å². The van der Waals surface area contributed by atoms with Gasteiger partial charge in [0, 0.05) is 81.6 Å². The number of fused-ring (bicyclic) bond motifs is 6. The van der Waals surface area contributed by atoms with E-state index >= 15 is 4.79 Å². The highest BCUT2D eigenvalue weighted by Gasteiger charge is 2.67. The molecular formula is C39H47N5O7S. The van der Waals surface area contributed by atoms with E-state index in [1.54, 1.807) is 14.0 Å². The summed E-state index contributed by atoms with van der Waals surface area (Å²) in [7, 11) is 0.441. The normalized spacial score (nSPS) is 29.6. The number of carbonyl (C=O) groups excluding carboxylic acids is 3. The van der Waals surface area contributed by atoms with E-state index in [2.05, 4.69) is 27.5 Å². The molecule has 0 spiro atoms. The maximum atomic E-state index is 15.0. The number of amides is 3. The molecule has 1 aromatic carbocycles. The van der Waals surface area contributed by atoms with Crippen molar-refractivity contribution in [3.63, 3.8) is 0 Å². The van der Waals surface area contributed by atoms with Gasteiger partial charge < -0.3 is 23.8 Å². The Labute approximate surface area is 304 Å².